The summed E-state index contributed by atoms with van der Waals surface area (Å²) >= 11 is 0. The molecule has 128 valence electrons. The molecular formula is C19H20F3NO. The van der Waals surface area contributed by atoms with E-state index in [1.165, 1.54) is 0 Å². The number of hydrogen-bond acceptors (Lipinski definition) is 2. The second-order valence-electron chi connectivity index (χ2n) is 6.44. The van der Waals surface area contributed by atoms with E-state index in [0.29, 0.717) is 11.9 Å². The van der Waals surface area contributed by atoms with Crippen molar-refractivity contribution in [1.82, 2.24) is 0 Å². The number of aliphatic imine (C=N–C) groups is 1. The minimum atomic E-state index is -4.82. The van der Waals surface area contributed by atoms with E-state index in [1.807, 2.05) is 0 Å². The average Bonchev–Trinajstić information content (AvgIpc) is 2.53. The summed E-state index contributed by atoms with van der Waals surface area (Å²) in [5.41, 5.74) is -2.81. The smallest absolute Gasteiger partial charge is 0.376 e. The van der Waals surface area contributed by atoms with Crippen molar-refractivity contribution >= 4 is 11.9 Å². The van der Waals surface area contributed by atoms with Crippen LogP contribution < -0.4 is 0 Å². The molecule has 0 aliphatic carbocycles. The third-order valence-electron chi connectivity index (χ3n) is 3.94. The summed E-state index contributed by atoms with van der Waals surface area (Å²) in [5, 5.41) is 10.3. The van der Waals surface area contributed by atoms with E-state index in [0.717, 1.165) is 5.56 Å². The molecular weight excluding hydrogens is 315 g/mol. The molecule has 0 spiro atoms. The van der Waals surface area contributed by atoms with E-state index < -0.39 is 23.6 Å². The predicted molar refractivity (Wildman–Crippen MR) is 89.7 cm³/mol. The quantitative estimate of drug-likeness (QED) is 0.762. The van der Waals surface area contributed by atoms with Crippen molar-refractivity contribution in [1.29, 1.82) is 0 Å². The average molecular weight is 335 g/mol. The number of benzene rings is 2. The predicted octanol–water partition coefficient (Wildman–Crippen LogP) is 5.05. The Balaban J connectivity index is 2.33. The van der Waals surface area contributed by atoms with Gasteiger partial charge < -0.3 is 5.11 Å². The van der Waals surface area contributed by atoms with Gasteiger partial charge in [0.2, 0.25) is 0 Å². The molecule has 0 aliphatic heterocycles. The molecule has 0 aromatic heterocycles. The standard InChI is InChI=1S/C19H20F3NO/c1-17(2,15-9-5-3-6-10-15)13-18(24,19(20,21)22)14-23-16-11-7-4-8-12-16/h3-12,14,24H,13H2,1-2H3/b23-14+. The molecule has 5 heteroatoms. The van der Waals surface area contributed by atoms with Gasteiger partial charge in [0.1, 0.15) is 0 Å². The molecule has 0 heterocycles. The maximum absolute atomic E-state index is 13.5. The molecule has 1 N–H and O–H groups in total. The number of rotatable bonds is 5. The molecule has 0 amide bonds. The second kappa shape index (κ2) is 6.77. The van der Waals surface area contributed by atoms with E-state index in [9.17, 15) is 18.3 Å². The lowest BCUT2D eigenvalue weighted by molar-refractivity contribution is -0.234. The Morgan fingerprint density at radius 1 is 0.917 bits per heavy atom. The maximum Gasteiger partial charge on any atom is 0.422 e. The Morgan fingerprint density at radius 2 is 1.42 bits per heavy atom. The number of aliphatic hydroxyl groups is 1. The molecule has 2 rings (SSSR count). The monoisotopic (exact) mass is 335 g/mol. The highest BCUT2D eigenvalue weighted by molar-refractivity contribution is 5.73. The van der Waals surface area contributed by atoms with Crippen LogP contribution in [0.25, 0.3) is 0 Å². The molecule has 24 heavy (non-hydrogen) atoms. The first-order valence-electron chi connectivity index (χ1n) is 7.59. The summed E-state index contributed by atoms with van der Waals surface area (Å²) in [6, 6.07) is 17.1. The summed E-state index contributed by atoms with van der Waals surface area (Å²) in [7, 11) is 0. The van der Waals surface area contributed by atoms with Crippen molar-refractivity contribution in [3.63, 3.8) is 0 Å². The molecule has 1 unspecified atom stereocenters. The Labute approximate surface area is 139 Å². The van der Waals surface area contributed by atoms with Gasteiger partial charge in [-0.1, -0.05) is 62.4 Å². The number of nitrogens with zero attached hydrogens (tertiary/aromatic N) is 1. The summed E-state index contributed by atoms with van der Waals surface area (Å²) in [6.07, 6.45) is -4.74. The van der Waals surface area contributed by atoms with Gasteiger partial charge in [-0.3, -0.25) is 4.99 Å². The van der Waals surface area contributed by atoms with Crippen molar-refractivity contribution < 1.29 is 18.3 Å². The fourth-order valence-corrected chi connectivity index (χ4v) is 2.58. The van der Waals surface area contributed by atoms with Gasteiger partial charge >= 0.3 is 6.18 Å². The summed E-state index contributed by atoms with van der Waals surface area (Å²) < 4.78 is 40.5. The van der Waals surface area contributed by atoms with Crippen LogP contribution in [0.1, 0.15) is 25.8 Å². The van der Waals surface area contributed by atoms with Crippen molar-refractivity contribution in [2.45, 2.75) is 37.5 Å². The summed E-state index contributed by atoms with van der Waals surface area (Å²) in [6.45, 7) is 3.35. The molecule has 1 atom stereocenters. The van der Waals surface area contributed by atoms with E-state index in [1.54, 1.807) is 74.5 Å². The molecule has 0 aliphatic rings. The van der Waals surface area contributed by atoms with Gasteiger partial charge in [-0.05, 0) is 29.5 Å². The lowest BCUT2D eigenvalue weighted by atomic mass is 9.75. The highest BCUT2D eigenvalue weighted by atomic mass is 19.4. The fourth-order valence-electron chi connectivity index (χ4n) is 2.58. The lowest BCUT2D eigenvalue weighted by Gasteiger charge is -2.35. The highest BCUT2D eigenvalue weighted by Crippen LogP contribution is 2.40. The van der Waals surface area contributed by atoms with E-state index >= 15 is 0 Å². The molecule has 0 saturated heterocycles. The van der Waals surface area contributed by atoms with Crippen molar-refractivity contribution in [3.05, 3.63) is 66.2 Å². The second-order valence-corrected chi connectivity index (χ2v) is 6.44. The molecule has 0 fully saturated rings. The Morgan fingerprint density at radius 3 is 1.92 bits per heavy atom. The summed E-state index contributed by atoms with van der Waals surface area (Å²) in [5.74, 6) is 0. The molecule has 2 aromatic carbocycles. The zero-order valence-corrected chi connectivity index (χ0v) is 13.6. The Hall–Kier alpha value is -2.14. The summed E-state index contributed by atoms with van der Waals surface area (Å²) in [4.78, 5) is 3.83. The van der Waals surface area contributed by atoms with Crippen LogP contribution in [0.2, 0.25) is 0 Å². The molecule has 0 bridgehead atoms. The van der Waals surface area contributed by atoms with Crippen molar-refractivity contribution in [2.75, 3.05) is 0 Å². The van der Waals surface area contributed by atoms with Crippen LogP contribution in [0, 0.1) is 0 Å². The van der Waals surface area contributed by atoms with E-state index in [4.69, 9.17) is 0 Å². The maximum atomic E-state index is 13.5. The van der Waals surface area contributed by atoms with Crippen LogP contribution >= 0.6 is 0 Å². The van der Waals surface area contributed by atoms with Crippen LogP contribution in [0.4, 0.5) is 18.9 Å². The number of para-hydroxylation sites is 1. The Kier molecular flexibility index (Phi) is 5.13. The van der Waals surface area contributed by atoms with Gasteiger partial charge in [0, 0.05) is 6.21 Å². The number of hydrogen-bond donors (Lipinski definition) is 1. The van der Waals surface area contributed by atoms with Gasteiger partial charge in [0.15, 0.2) is 5.60 Å². The van der Waals surface area contributed by atoms with Gasteiger partial charge in [0.05, 0.1) is 5.69 Å². The van der Waals surface area contributed by atoms with Crippen molar-refractivity contribution in [3.8, 4) is 0 Å². The van der Waals surface area contributed by atoms with Crippen LogP contribution in [-0.2, 0) is 5.41 Å². The lowest BCUT2D eigenvalue weighted by Crippen LogP contribution is -2.50. The minimum absolute atomic E-state index is 0.359. The topological polar surface area (TPSA) is 32.6 Å². The first-order chi connectivity index (χ1) is 11.1. The van der Waals surface area contributed by atoms with Gasteiger partial charge in [-0.25, -0.2) is 0 Å². The molecule has 2 aromatic rings. The van der Waals surface area contributed by atoms with Crippen LogP contribution in [0.3, 0.4) is 0 Å². The number of alkyl halides is 3. The zero-order chi connectivity index (χ0) is 17.8. The SMILES string of the molecule is CC(C)(CC(O)(/C=N/c1ccccc1)C(F)(F)F)c1ccccc1. The normalized spacial score (nSPS) is 15.4. The Bertz CT molecular complexity index is 681. The van der Waals surface area contributed by atoms with Crippen molar-refractivity contribution in [2.24, 2.45) is 4.99 Å². The van der Waals surface area contributed by atoms with E-state index in [2.05, 4.69) is 4.99 Å². The first kappa shape index (κ1) is 18.2. The van der Waals surface area contributed by atoms with Gasteiger partial charge in [-0.15, -0.1) is 0 Å². The van der Waals surface area contributed by atoms with E-state index in [-0.39, 0.29) is 0 Å². The van der Waals surface area contributed by atoms with Crippen LogP contribution in [-0.4, -0.2) is 23.1 Å². The fraction of sp³-hybridized carbons (Fsp3) is 0.316. The van der Waals surface area contributed by atoms with Gasteiger partial charge in [-0.2, -0.15) is 13.2 Å². The van der Waals surface area contributed by atoms with Gasteiger partial charge in [0.25, 0.3) is 0 Å². The van der Waals surface area contributed by atoms with Crippen LogP contribution in [0.15, 0.2) is 65.7 Å². The molecule has 0 saturated carbocycles. The van der Waals surface area contributed by atoms with Crippen LogP contribution in [0.5, 0.6) is 0 Å². The third-order valence-corrected chi connectivity index (χ3v) is 3.94. The molecule has 0 radical (unpaired) electrons. The zero-order valence-electron chi connectivity index (χ0n) is 13.6. The minimum Gasteiger partial charge on any atom is -0.376 e. The first-order valence-corrected chi connectivity index (χ1v) is 7.59. The molecule has 2 nitrogen and oxygen atoms in total. The largest absolute Gasteiger partial charge is 0.422 e. The number of halogens is 3. The third kappa shape index (κ3) is 4.23. The highest BCUT2D eigenvalue weighted by Gasteiger charge is 2.55.